The molecule has 1 aromatic carbocycles. The Labute approximate surface area is 154 Å². The first-order valence-corrected chi connectivity index (χ1v) is 8.25. The van der Waals surface area contributed by atoms with Gasteiger partial charge in [0.25, 0.3) is 5.56 Å². The van der Waals surface area contributed by atoms with Gasteiger partial charge < -0.3 is 24.1 Å². The van der Waals surface area contributed by atoms with E-state index in [9.17, 15) is 9.59 Å². The molecule has 2 aromatic rings. The molecule has 3 rings (SSSR count). The number of aromatic nitrogens is 2. The SMILES string of the molecule is COc1ccc(C2CC(=O)Nc3c2c(=O)[nH]c(=S)n3C)c(OC)c1OC. The van der Waals surface area contributed by atoms with Crippen molar-refractivity contribution in [2.24, 2.45) is 7.05 Å². The largest absolute Gasteiger partial charge is 0.493 e. The van der Waals surface area contributed by atoms with E-state index in [0.29, 0.717) is 34.2 Å². The molecule has 0 saturated carbocycles. The zero-order valence-electron chi connectivity index (χ0n) is 14.8. The lowest BCUT2D eigenvalue weighted by atomic mass is 9.86. The Balaban J connectivity index is 2.31. The number of aromatic amines is 1. The maximum absolute atomic E-state index is 12.6. The van der Waals surface area contributed by atoms with Crippen LogP contribution in [0.1, 0.15) is 23.5 Å². The van der Waals surface area contributed by atoms with E-state index in [1.54, 1.807) is 23.7 Å². The molecule has 8 nitrogen and oxygen atoms in total. The summed E-state index contributed by atoms with van der Waals surface area (Å²) in [5.74, 6) is 0.975. The average Bonchev–Trinajstić information content (AvgIpc) is 2.63. The number of anilines is 1. The summed E-state index contributed by atoms with van der Waals surface area (Å²) in [6.45, 7) is 0. The molecule has 2 N–H and O–H groups in total. The molecule has 1 atom stereocenters. The number of carbonyl (C=O) groups excluding carboxylic acids is 1. The van der Waals surface area contributed by atoms with Crippen molar-refractivity contribution in [1.29, 1.82) is 0 Å². The van der Waals surface area contributed by atoms with E-state index in [1.165, 1.54) is 21.3 Å². The highest BCUT2D eigenvalue weighted by atomic mass is 32.1. The molecule has 2 heterocycles. The number of rotatable bonds is 4. The maximum Gasteiger partial charge on any atom is 0.257 e. The second kappa shape index (κ2) is 6.83. The van der Waals surface area contributed by atoms with Crippen molar-refractivity contribution in [1.82, 2.24) is 9.55 Å². The molecular weight excluding hydrogens is 358 g/mol. The van der Waals surface area contributed by atoms with E-state index in [4.69, 9.17) is 26.4 Å². The van der Waals surface area contributed by atoms with E-state index in [2.05, 4.69) is 10.3 Å². The summed E-state index contributed by atoms with van der Waals surface area (Å²) >= 11 is 5.14. The Hall–Kier alpha value is -2.81. The van der Waals surface area contributed by atoms with E-state index < -0.39 is 5.92 Å². The molecule has 138 valence electrons. The first kappa shape index (κ1) is 18.0. The van der Waals surface area contributed by atoms with Gasteiger partial charge in [-0.05, 0) is 18.3 Å². The number of hydrogen-bond donors (Lipinski definition) is 2. The lowest BCUT2D eigenvalue weighted by molar-refractivity contribution is -0.116. The number of benzene rings is 1. The van der Waals surface area contributed by atoms with Crippen LogP contribution >= 0.6 is 12.2 Å². The monoisotopic (exact) mass is 377 g/mol. The molecule has 0 aliphatic carbocycles. The van der Waals surface area contributed by atoms with Gasteiger partial charge in [-0.25, -0.2) is 0 Å². The maximum atomic E-state index is 12.6. The van der Waals surface area contributed by atoms with Crippen LogP contribution in [0.3, 0.4) is 0 Å². The van der Waals surface area contributed by atoms with Crippen LogP contribution in [0.15, 0.2) is 16.9 Å². The fourth-order valence-corrected chi connectivity index (χ4v) is 3.43. The fraction of sp³-hybridized carbons (Fsp3) is 0.353. The molecule has 0 fully saturated rings. The standard InChI is InChI=1S/C17H19N3O5S/c1-20-15-12(16(22)19-17(20)26)9(7-11(21)18-15)8-5-6-10(23-2)14(25-4)13(8)24-3/h5-6,9H,7H2,1-4H3,(H,18,21)(H,19,22,26). The Morgan fingerprint density at radius 2 is 1.81 bits per heavy atom. The highest BCUT2D eigenvalue weighted by Gasteiger charge is 2.34. The lowest BCUT2D eigenvalue weighted by Crippen LogP contribution is -2.33. The molecule has 9 heteroatoms. The number of fused-ring (bicyclic) bond motifs is 1. The summed E-state index contributed by atoms with van der Waals surface area (Å²) in [5.41, 5.74) is 0.736. The number of nitrogens with one attached hydrogen (secondary N) is 2. The van der Waals surface area contributed by atoms with Crippen LogP contribution in [0.25, 0.3) is 0 Å². The van der Waals surface area contributed by atoms with Gasteiger partial charge in [0.2, 0.25) is 11.7 Å². The van der Waals surface area contributed by atoms with Gasteiger partial charge in [0.1, 0.15) is 5.82 Å². The fourth-order valence-electron chi connectivity index (χ4n) is 3.25. The molecular formula is C17H19N3O5S. The highest BCUT2D eigenvalue weighted by Crippen LogP contribution is 2.46. The van der Waals surface area contributed by atoms with Crippen molar-refractivity contribution in [3.05, 3.63) is 38.4 Å². The highest BCUT2D eigenvalue weighted by molar-refractivity contribution is 7.71. The van der Waals surface area contributed by atoms with E-state index >= 15 is 0 Å². The van der Waals surface area contributed by atoms with Crippen LogP contribution in [0.5, 0.6) is 17.2 Å². The van der Waals surface area contributed by atoms with Crippen LogP contribution in [-0.2, 0) is 11.8 Å². The van der Waals surface area contributed by atoms with Crippen LogP contribution in [0.4, 0.5) is 5.82 Å². The van der Waals surface area contributed by atoms with Gasteiger partial charge in [-0.1, -0.05) is 6.07 Å². The van der Waals surface area contributed by atoms with Crippen molar-refractivity contribution < 1.29 is 19.0 Å². The molecule has 1 amide bonds. The number of carbonyl (C=O) groups is 1. The molecule has 0 saturated heterocycles. The van der Waals surface area contributed by atoms with Crippen LogP contribution in [0, 0.1) is 4.77 Å². The molecule has 1 aliphatic heterocycles. The second-order valence-corrected chi connectivity index (χ2v) is 6.20. The summed E-state index contributed by atoms with van der Waals surface area (Å²) < 4.78 is 18.1. The van der Waals surface area contributed by atoms with Gasteiger partial charge in [-0.15, -0.1) is 0 Å². The molecule has 1 aromatic heterocycles. The Bertz CT molecular complexity index is 995. The van der Waals surface area contributed by atoms with Gasteiger partial charge in [0.15, 0.2) is 16.3 Å². The summed E-state index contributed by atoms with van der Waals surface area (Å²) in [7, 11) is 6.21. The molecule has 0 bridgehead atoms. The quantitative estimate of drug-likeness (QED) is 0.791. The lowest BCUT2D eigenvalue weighted by Gasteiger charge is -2.28. The van der Waals surface area contributed by atoms with E-state index in [-0.39, 0.29) is 22.7 Å². The smallest absolute Gasteiger partial charge is 0.257 e. The summed E-state index contributed by atoms with van der Waals surface area (Å²) in [6.07, 6.45) is 0.0959. The first-order chi connectivity index (χ1) is 12.4. The summed E-state index contributed by atoms with van der Waals surface area (Å²) in [4.78, 5) is 27.6. The number of ether oxygens (including phenoxy) is 3. The number of hydrogen-bond acceptors (Lipinski definition) is 6. The topological polar surface area (TPSA) is 94.6 Å². The Kier molecular flexibility index (Phi) is 4.73. The van der Waals surface area contributed by atoms with Gasteiger partial charge in [0.05, 0.1) is 26.9 Å². The Morgan fingerprint density at radius 3 is 2.42 bits per heavy atom. The van der Waals surface area contributed by atoms with E-state index in [1.807, 2.05) is 0 Å². The Morgan fingerprint density at radius 1 is 1.12 bits per heavy atom. The van der Waals surface area contributed by atoms with Crippen molar-refractivity contribution in [3.8, 4) is 17.2 Å². The minimum atomic E-state index is -0.515. The molecule has 1 aliphatic rings. The van der Waals surface area contributed by atoms with Crippen LogP contribution in [-0.4, -0.2) is 36.8 Å². The predicted octanol–water partition coefficient (Wildman–Crippen LogP) is 1.94. The van der Waals surface area contributed by atoms with Crippen molar-refractivity contribution >= 4 is 23.9 Å². The van der Waals surface area contributed by atoms with Crippen molar-refractivity contribution in [2.45, 2.75) is 12.3 Å². The molecule has 0 spiro atoms. The number of nitrogens with zero attached hydrogens (tertiary/aromatic N) is 1. The average molecular weight is 377 g/mol. The molecule has 0 radical (unpaired) electrons. The second-order valence-electron chi connectivity index (χ2n) is 5.81. The third-order valence-electron chi connectivity index (χ3n) is 4.47. The first-order valence-electron chi connectivity index (χ1n) is 7.84. The van der Waals surface area contributed by atoms with Gasteiger partial charge in [-0.3, -0.25) is 14.6 Å². The predicted molar refractivity (Wildman–Crippen MR) is 98.1 cm³/mol. The zero-order valence-corrected chi connectivity index (χ0v) is 15.7. The molecule has 26 heavy (non-hydrogen) atoms. The van der Waals surface area contributed by atoms with E-state index in [0.717, 1.165) is 0 Å². The van der Waals surface area contributed by atoms with Crippen LogP contribution in [0.2, 0.25) is 0 Å². The third-order valence-corrected chi connectivity index (χ3v) is 4.84. The van der Waals surface area contributed by atoms with Gasteiger partial charge >= 0.3 is 0 Å². The number of H-pyrrole nitrogens is 1. The van der Waals surface area contributed by atoms with Crippen LogP contribution < -0.4 is 25.1 Å². The number of methoxy groups -OCH3 is 3. The van der Waals surface area contributed by atoms with Gasteiger partial charge in [-0.2, -0.15) is 0 Å². The van der Waals surface area contributed by atoms with Crippen molar-refractivity contribution in [3.63, 3.8) is 0 Å². The number of amides is 1. The minimum absolute atomic E-state index is 0.0959. The zero-order chi connectivity index (χ0) is 19.0. The third kappa shape index (κ3) is 2.74. The summed E-state index contributed by atoms with van der Waals surface area (Å²) in [5, 5.41) is 2.74. The summed E-state index contributed by atoms with van der Waals surface area (Å²) in [6, 6.07) is 3.49. The molecule has 1 unspecified atom stereocenters. The minimum Gasteiger partial charge on any atom is -0.493 e. The normalized spacial score (nSPS) is 15.8. The van der Waals surface area contributed by atoms with Gasteiger partial charge in [0, 0.05) is 24.9 Å². The van der Waals surface area contributed by atoms with Crippen molar-refractivity contribution in [2.75, 3.05) is 26.6 Å².